The highest BCUT2D eigenvalue weighted by Crippen LogP contribution is 2.23. The van der Waals surface area contributed by atoms with Crippen molar-refractivity contribution >= 4 is 17.5 Å². The van der Waals surface area contributed by atoms with Crippen molar-refractivity contribution in [1.29, 1.82) is 5.26 Å². The van der Waals surface area contributed by atoms with Gasteiger partial charge >= 0.3 is 0 Å². The molecule has 0 bridgehead atoms. The summed E-state index contributed by atoms with van der Waals surface area (Å²) in [7, 11) is 0. The zero-order valence-corrected chi connectivity index (χ0v) is 21.5. The van der Waals surface area contributed by atoms with Gasteiger partial charge in [0.15, 0.2) is 12.4 Å². The molecule has 10 nitrogen and oxygen atoms in total. The fourth-order valence-corrected chi connectivity index (χ4v) is 3.73. The number of hydrogen-bond acceptors (Lipinski definition) is 8. The van der Waals surface area contributed by atoms with Crippen molar-refractivity contribution in [3.8, 4) is 17.6 Å². The number of carbonyl (C=O) groups is 2. The summed E-state index contributed by atoms with van der Waals surface area (Å²) < 4.78 is 5.63. The van der Waals surface area contributed by atoms with Crippen molar-refractivity contribution in [2.75, 3.05) is 19.7 Å². The predicted octanol–water partition coefficient (Wildman–Crippen LogP) is 2.37. The van der Waals surface area contributed by atoms with E-state index < -0.39 is 11.6 Å². The largest absolute Gasteiger partial charge is 0.484 e. The molecule has 0 unspecified atom stereocenters. The fourth-order valence-electron chi connectivity index (χ4n) is 3.73. The Morgan fingerprint density at radius 2 is 2.00 bits per heavy atom. The van der Waals surface area contributed by atoms with Gasteiger partial charge in [-0.2, -0.15) is 10.4 Å². The van der Waals surface area contributed by atoms with Gasteiger partial charge in [-0.1, -0.05) is 19.1 Å². The van der Waals surface area contributed by atoms with Crippen LogP contribution in [0, 0.1) is 17.2 Å². The molecule has 1 aliphatic heterocycles. The molecule has 1 aliphatic rings. The lowest BCUT2D eigenvalue weighted by Crippen LogP contribution is -2.55. The maximum Gasteiger partial charge on any atom is 0.258 e. The number of nitrogens with one attached hydrogen (secondary N) is 2. The number of benzene rings is 2. The fraction of sp³-hybridized carbons (Fsp3) is 0.407. The Morgan fingerprint density at radius 3 is 2.65 bits per heavy atom. The third-order valence-electron chi connectivity index (χ3n) is 5.82. The molecule has 2 aromatic rings. The number of hydrogen-bond donors (Lipinski definition) is 3. The number of hydrazone groups is 1. The van der Waals surface area contributed by atoms with E-state index in [1.165, 1.54) is 0 Å². The molecule has 0 spiro atoms. The van der Waals surface area contributed by atoms with Crippen LogP contribution < -0.4 is 20.3 Å². The maximum absolute atomic E-state index is 12.5. The summed E-state index contributed by atoms with van der Waals surface area (Å²) in [5.41, 5.74) is 3.83. The van der Waals surface area contributed by atoms with E-state index in [1.54, 1.807) is 48.4 Å². The van der Waals surface area contributed by atoms with E-state index in [-0.39, 0.29) is 37.4 Å². The molecule has 2 amide bonds. The first-order valence-electron chi connectivity index (χ1n) is 12.1. The van der Waals surface area contributed by atoms with Gasteiger partial charge in [0.05, 0.1) is 29.5 Å². The molecule has 0 aliphatic carbocycles. The number of nitriles is 1. The van der Waals surface area contributed by atoms with Gasteiger partial charge in [-0.05, 0) is 62.7 Å². The van der Waals surface area contributed by atoms with Crippen LogP contribution in [0.25, 0.3) is 0 Å². The minimum Gasteiger partial charge on any atom is -0.484 e. The first-order valence-corrected chi connectivity index (χ1v) is 12.1. The van der Waals surface area contributed by atoms with E-state index >= 15 is 0 Å². The lowest BCUT2D eigenvalue weighted by molar-refractivity contribution is -0.150. The standard InChI is InChI=1S/C27H33N5O5/c1-18-13-24(34)30-31-26(18)20-9-11-22(12-10-20)36-16-25(35)29-17-27(3,4)32(15-19(2)33)37-23-8-6-5-7-21(23)14-28/h5-12,18-19,33H,13,15-17H2,1-4H3,(H,29,35)(H,30,34)/t18-,19+/m0/s1. The minimum absolute atomic E-state index is 0.0143. The van der Waals surface area contributed by atoms with Crippen LogP contribution in [0.5, 0.6) is 11.5 Å². The van der Waals surface area contributed by atoms with Crippen LogP contribution in [0.2, 0.25) is 0 Å². The average Bonchev–Trinajstić information content (AvgIpc) is 2.86. The zero-order valence-electron chi connectivity index (χ0n) is 21.5. The quantitative estimate of drug-likeness (QED) is 0.397. The summed E-state index contributed by atoms with van der Waals surface area (Å²) in [4.78, 5) is 29.9. The minimum atomic E-state index is -0.719. The second-order valence-electron chi connectivity index (χ2n) is 9.65. The molecule has 0 radical (unpaired) electrons. The Morgan fingerprint density at radius 1 is 1.30 bits per heavy atom. The summed E-state index contributed by atoms with van der Waals surface area (Å²) in [5.74, 6) is 0.490. The highest BCUT2D eigenvalue weighted by Gasteiger charge is 2.31. The smallest absolute Gasteiger partial charge is 0.258 e. The number of ether oxygens (including phenoxy) is 1. The number of rotatable bonds is 11. The molecule has 0 aromatic heterocycles. The predicted molar refractivity (Wildman–Crippen MR) is 138 cm³/mol. The van der Waals surface area contributed by atoms with Crippen LogP contribution in [0.1, 0.15) is 45.2 Å². The lowest BCUT2D eigenvalue weighted by Gasteiger charge is -2.38. The van der Waals surface area contributed by atoms with E-state index in [4.69, 9.17) is 9.57 Å². The Hall–Kier alpha value is -3.94. The molecule has 0 saturated heterocycles. The molecule has 37 heavy (non-hydrogen) atoms. The number of aliphatic hydroxyl groups is 1. The van der Waals surface area contributed by atoms with Crippen LogP contribution >= 0.6 is 0 Å². The number of carbonyl (C=O) groups excluding carboxylic acids is 2. The average molecular weight is 508 g/mol. The topological polar surface area (TPSA) is 136 Å². The van der Waals surface area contributed by atoms with Crippen molar-refractivity contribution in [2.24, 2.45) is 11.0 Å². The summed E-state index contributed by atoms with van der Waals surface area (Å²) in [6.45, 7) is 7.50. The van der Waals surface area contributed by atoms with Crippen molar-refractivity contribution < 1.29 is 24.3 Å². The Bertz CT molecular complexity index is 1170. The Labute approximate surface area is 216 Å². The lowest BCUT2D eigenvalue weighted by atomic mass is 9.94. The van der Waals surface area contributed by atoms with Crippen LogP contribution in [0.4, 0.5) is 0 Å². The van der Waals surface area contributed by atoms with Crippen molar-refractivity contribution in [1.82, 2.24) is 15.8 Å². The van der Waals surface area contributed by atoms with Gasteiger partial charge in [-0.15, -0.1) is 5.06 Å². The second kappa shape index (κ2) is 12.3. The number of β-amino-alcohol motifs (C(OH)–C–C–N with tert-alkyl or cyclic N) is 1. The van der Waals surface area contributed by atoms with Crippen LogP contribution in [-0.4, -0.2) is 59.0 Å². The summed E-state index contributed by atoms with van der Waals surface area (Å²) >= 11 is 0. The SMILES string of the molecule is C[C@@H](O)CN(Oc1ccccc1C#N)C(C)(C)CNC(=O)COc1ccc(C2=NNC(=O)C[C@@H]2C)cc1. The van der Waals surface area contributed by atoms with E-state index in [0.717, 1.165) is 11.3 Å². The molecule has 3 rings (SSSR count). The Balaban J connectivity index is 1.55. The first-order chi connectivity index (χ1) is 17.6. The van der Waals surface area contributed by atoms with E-state index in [0.29, 0.717) is 23.5 Å². The summed E-state index contributed by atoms with van der Waals surface area (Å²) in [6, 6.07) is 16.1. The van der Waals surface area contributed by atoms with Gasteiger partial charge in [0, 0.05) is 18.9 Å². The molecule has 2 aromatic carbocycles. The molecule has 2 atom stereocenters. The molecule has 0 fully saturated rings. The number of amides is 2. The van der Waals surface area contributed by atoms with Crippen molar-refractivity contribution in [3.05, 3.63) is 59.7 Å². The Kier molecular flexibility index (Phi) is 9.22. The van der Waals surface area contributed by atoms with Crippen LogP contribution in [0.15, 0.2) is 53.6 Å². The van der Waals surface area contributed by atoms with E-state index in [1.807, 2.05) is 32.9 Å². The van der Waals surface area contributed by atoms with Gasteiger partial charge in [-0.25, -0.2) is 5.43 Å². The van der Waals surface area contributed by atoms with E-state index in [9.17, 15) is 20.0 Å². The molecule has 3 N–H and O–H groups in total. The van der Waals surface area contributed by atoms with Crippen LogP contribution in [0.3, 0.4) is 0 Å². The highest BCUT2D eigenvalue weighted by molar-refractivity contribution is 6.05. The van der Waals surface area contributed by atoms with Gasteiger partial charge in [-0.3, -0.25) is 9.59 Å². The third-order valence-corrected chi connectivity index (χ3v) is 5.82. The molecule has 0 saturated carbocycles. The van der Waals surface area contributed by atoms with Gasteiger partial charge in [0.1, 0.15) is 11.8 Å². The van der Waals surface area contributed by atoms with E-state index in [2.05, 4.69) is 21.9 Å². The molecule has 10 heteroatoms. The zero-order chi connectivity index (χ0) is 27.0. The second-order valence-corrected chi connectivity index (χ2v) is 9.65. The van der Waals surface area contributed by atoms with Crippen molar-refractivity contribution in [3.63, 3.8) is 0 Å². The number of aliphatic hydroxyl groups excluding tert-OH is 1. The monoisotopic (exact) mass is 507 g/mol. The van der Waals surface area contributed by atoms with Crippen molar-refractivity contribution in [2.45, 2.75) is 45.8 Å². The van der Waals surface area contributed by atoms with Crippen LogP contribution in [-0.2, 0) is 9.59 Å². The van der Waals surface area contributed by atoms with Gasteiger partial charge < -0.3 is 20.0 Å². The highest BCUT2D eigenvalue weighted by atomic mass is 16.7. The van der Waals surface area contributed by atoms with Gasteiger partial charge in [0.2, 0.25) is 5.91 Å². The number of hydroxylamine groups is 2. The molecular formula is C27H33N5O5. The molecule has 196 valence electrons. The normalized spacial score (nSPS) is 16.3. The first kappa shape index (κ1) is 27.6. The molecule has 1 heterocycles. The number of nitrogens with zero attached hydrogens (tertiary/aromatic N) is 3. The molecular weight excluding hydrogens is 474 g/mol. The number of para-hydroxylation sites is 1. The third kappa shape index (κ3) is 7.77. The summed E-state index contributed by atoms with van der Waals surface area (Å²) in [5, 5.41) is 27.9. The summed E-state index contributed by atoms with van der Waals surface area (Å²) in [6.07, 6.45) is -0.313. The van der Waals surface area contributed by atoms with Gasteiger partial charge in [0.25, 0.3) is 5.91 Å². The maximum atomic E-state index is 12.5.